The Hall–Kier alpha value is -1.31. The van der Waals surface area contributed by atoms with Gasteiger partial charge in [-0.05, 0) is 70.8 Å². The van der Waals surface area contributed by atoms with E-state index in [1.807, 2.05) is 32.9 Å². The fraction of sp³-hybridized carbons (Fsp3) is 0.750. The van der Waals surface area contributed by atoms with Crippen molar-refractivity contribution in [2.24, 2.45) is 5.92 Å². The van der Waals surface area contributed by atoms with E-state index in [9.17, 15) is 9.59 Å². The summed E-state index contributed by atoms with van der Waals surface area (Å²) in [5.41, 5.74) is -0.628. The van der Waals surface area contributed by atoms with Gasteiger partial charge >= 0.3 is 6.09 Å². The van der Waals surface area contributed by atoms with Crippen LogP contribution in [0.15, 0.2) is 23.4 Å². The summed E-state index contributed by atoms with van der Waals surface area (Å²) in [6.45, 7) is 22.0. The Bertz CT molecular complexity index is 672. The van der Waals surface area contributed by atoms with Crippen LogP contribution in [0, 0.1) is 5.92 Å². The molecule has 0 heterocycles. The van der Waals surface area contributed by atoms with Gasteiger partial charge in [-0.1, -0.05) is 58.4 Å². The van der Waals surface area contributed by atoms with E-state index in [2.05, 4.69) is 44.5 Å². The van der Waals surface area contributed by atoms with Gasteiger partial charge in [0.2, 0.25) is 5.91 Å². The lowest BCUT2D eigenvalue weighted by Crippen LogP contribution is -2.49. The van der Waals surface area contributed by atoms with E-state index in [-0.39, 0.29) is 23.0 Å². The molecule has 0 aromatic carbocycles. The summed E-state index contributed by atoms with van der Waals surface area (Å²) in [7, 11) is -1.95. The number of halogens is 1. The van der Waals surface area contributed by atoms with Crippen molar-refractivity contribution in [3.8, 4) is 0 Å². The van der Waals surface area contributed by atoms with Crippen molar-refractivity contribution in [3.05, 3.63) is 23.4 Å². The lowest BCUT2D eigenvalue weighted by Gasteiger charge is -2.39. The Morgan fingerprint density at radius 3 is 2.06 bits per heavy atom. The highest BCUT2D eigenvalue weighted by molar-refractivity contribution is 6.74. The van der Waals surface area contributed by atoms with Crippen molar-refractivity contribution < 1.29 is 18.8 Å². The monoisotopic (exact) mass is 488 g/mol. The number of amides is 2. The quantitative estimate of drug-likeness (QED) is 0.345. The van der Waals surface area contributed by atoms with E-state index in [0.717, 1.165) is 5.03 Å². The first-order valence-electron chi connectivity index (χ1n) is 11.3. The zero-order valence-electron chi connectivity index (χ0n) is 21.9. The van der Waals surface area contributed by atoms with E-state index < -0.39 is 26.1 Å². The molecule has 0 aromatic heterocycles. The second kappa shape index (κ2) is 12.8. The highest BCUT2D eigenvalue weighted by atomic mass is 35.5. The van der Waals surface area contributed by atoms with E-state index in [4.69, 9.17) is 20.8 Å². The molecule has 0 aliphatic heterocycles. The first-order valence-corrected chi connectivity index (χ1v) is 14.6. The first-order chi connectivity index (χ1) is 14.4. The van der Waals surface area contributed by atoms with Gasteiger partial charge in [-0.2, -0.15) is 0 Å². The SMILES string of the molecule is CC(Cl)=CC[C@@H](CC=CNC(=O)[C@@H](NC(=O)OC(C)(C)C)C(C)C)O[Si](C)(C)C(C)(C)C. The third kappa shape index (κ3) is 12.7. The van der Waals surface area contributed by atoms with Gasteiger partial charge in [-0.25, -0.2) is 4.79 Å². The molecule has 0 saturated carbocycles. The van der Waals surface area contributed by atoms with Crippen molar-refractivity contribution in [2.45, 2.75) is 111 Å². The number of ether oxygens (including phenoxy) is 1. The second-order valence-corrected chi connectivity index (χ2v) is 16.4. The summed E-state index contributed by atoms with van der Waals surface area (Å²) < 4.78 is 11.8. The summed E-state index contributed by atoms with van der Waals surface area (Å²) in [5, 5.41) is 6.26. The number of alkyl carbamates (subject to hydrolysis) is 1. The fourth-order valence-electron chi connectivity index (χ4n) is 2.50. The Labute approximate surface area is 201 Å². The topological polar surface area (TPSA) is 76.7 Å². The molecule has 0 aromatic rings. The van der Waals surface area contributed by atoms with Gasteiger partial charge in [0.25, 0.3) is 0 Å². The summed E-state index contributed by atoms with van der Waals surface area (Å²) in [6.07, 6.45) is 6.17. The lowest BCUT2D eigenvalue weighted by atomic mass is 10.0. The molecule has 0 rings (SSSR count). The van der Waals surface area contributed by atoms with E-state index in [1.54, 1.807) is 27.0 Å². The maximum Gasteiger partial charge on any atom is 0.408 e. The molecular formula is C24H45ClN2O4Si. The van der Waals surface area contributed by atoms with Crippen LogP contribution in [0.25, 0.3) is 0 Å². The standard InChI is InChI=1S/C24H45ClN2O4Si/c1-17(2)20(27-22(29)30-23(4,5)6)21(28)26-16-12-13-19(15-14-18(3)25)31-32(10,11)24(7,8)9/h12,14,16-17,19-20H,13,15H2,1-11H3,(H,26,28)(H,27,29)/t19-,20+/m1/s1. The van der Waals surface area contributed by atoms with Crippen molar-refractivity contribution in [1.29, 1.82) is 0 Å². The van der Waals surface area contributed by atoms with Crippen LogP contribution in [-0.4, -0.2) is 38.1 Å². The number of hydrogen-bond acceptors (Lipinski definition) is 4. The molecule has 0 fully saturated rings. The molecule has 186 valence electrons. The molecule has 8 heteroatoms. The second-order valence-electron chi connectivity index (χ2n) is 11.0. The summed E-state index contributed by atoms with van der Waals surface area (Å²) in [4.78, 5) is 24.7. The van der Waals surface area contributed by atoms with E-state index >= 15 is 0 Å². The zero-order valence-corrected chi connectivity index (χ0v) is 23.6. The third-order valence-electron chi connectivity index (χ3n) is 5.29. The predicted molar refractivity (Wildman–Crippen MR) is 136 cm³/mol. The molecule has 0 bridgehead atoms. The smallest absolute Gasteiger partial charge is 0.408 e. The highest BCUT2D eigenvalue weighted by Crippen LogP contribution is 2.38. The molecule has 0 radical (unpaired) electrons. The summed E-state index contributed by atoms with van der Waals surface area (Å²) in [6, 6.07) is -0.699. The minimum Gasteiger partial charge on any atom is -0.444 e. The minimum atomic E-state index is -1.95. The summed E-state index contributed by atoms with van der Waals surface area (Å²) >= 11 is 6.03. The van der Waals surface area contributed by atoms with Gasteiger partial charge in [-0.15, -0.1) is 0 Å². The lowest BCUT2D eigenvalue weighted by molar-refractivity contribution is -0.123. The van der Waals surface area contributed by atoms with Crippen LogP contribution in [0.4, 0.5) is 4.79 Å². The van der Waals surface area contributed by atoms with Crippen molar-refractivity contribution in [3.63, 3.8) is 0 Å². The van der Waals surface area contributed by atoms with Crippen molar-refractivity contribution in [1.82, 2.24) is 10.6 Å². The fourth-order valence-corrected chi connectivity index (χ4v) is 3.97. The van der Waals surface area contributed by atoms with E-state index in [1.165, 1.54) is 0 Å². The van der Waals surface area contributed by atoms with E-state index in [0.29, 0.717) is 12.8 Å². The molecule has 0 saturated heterocycles. The Kier molecular flexibility index (Phi) is 12.3. The van der Waals surface area contributed by atoms with Gasteiger partial charge in [-0.3, -0.25) is 4.79 Å². The molecular weight excluding hydrogens is 444 g/mol. The van der Waals surface area contributed by atoms with Gasteiger partial charge in [0.05, 0.1) is 6.10 Å². The van der Waals surface area contributed by atoms with Crippen LogP contribution in [-0.2, 0) is 14.0 Å². The zero-order chi connectivity index (χ0) is 25.3. The molecule has 32 heavy (non-hydrogen) atoms. The summed E-state index contributed by atoms with van der Waals surface area (Å²) in [5.74, 6) is -0.386. The Morgan fingerprint density at radius 1 is 1.06 bits per heavy atom. The molecule has 0 aliphatic rings. The number of carbonyl (C=O) groups excluding carboxylic acids is 2. The number of carbonyl (C=O) groups is 2. The number of allylic oxidation sites excluding steroid dienone is 1. The third-order valence-corrected chi connectivity index (χ3v) is 9.98. The van der Waals surface area contributed by atoms with Gasteiger partial charge in [0.15, 0.2) is 8.32 Å². The number of rotatable bonds is 10. The van der Waals surface area contributed by atoms with Crippen molar-refractivity contribution in [2.75, 3.05) is 0 Å². The Morgan fingerprint density at radius 2 is 1.62 bits per heavy atom. The Balaban J connectivity index is 5.08. The minimum absolute atomic E-state index is 0.0291. The molecule has 0 unspecified atom stereocenters. The van der Waals surface area contributed by atoms with Gasteiger partial charge < -0.3 is 19.8 Å². The molecule has 0 spiro atoms. The molecule has 2 N–H and O–H groups in total. The number of nitrogens with one attached hydrogen (secondary N) is 2. The highest BCUT2D eigenvalue weighted by Gasteiger charge is 2.38. The van der Waals surface area contributed by atoms with Crippen LogP contribution in [0.5, 0.6) is 0 Å². The molecule has 2 atom stereocenters. The maximum absolute atomic E-state index is 12.6. The molecule has 0 aliphatic carbocycles. The largest absolute Gasteiger partial charge is 0.444 e. The number of hydrogen-bond donors (Lipinski definition) is 2. The normalized spacial score (nSPS) is 15.6. The van der Waals surface area contributed by atoms with Crippen LogP contribution in [0.3, 0.4) is 0 Å². The average molecular weight is 489 g/mol. The van der Waals surface area contributed by atoms with Crippen molar-refractivity contribution >= 4 is 31.9 Å². The first kappa shape index (κ1) is 30.7. The van der Waals surface area contributed by atoms with Gasteiger partial charge in [0.1, 0.15) is 11.6 Å². The molecule has 6 nitrogen and oxygen atoms in total. The maximum atomic E-state index is 12.6. The van der Waals surface area contributed by atoms with Crippen LogP contribution < -0.4 is 10.6 Å². The molecule has 2 amide bonds. The average Bonchev–Trinajstić information content (AvgIpc) is 2.57. The predicted octanol–water partition coefficient (Wildman–Crippen LogP) is 6.48. The van der Waals surface area contributed by atoms with Gasteiger partial charge in [0, 0.05) is 5.03 Å². The van der Waals surface area contributed by atoms with Crippen LogP contribution >= 0.6 is 11.6 Å². The van der Waals surface area contributed by atoms with Crippen LogP contribution in [0.2, 0.25) is 18.1 Å². The van der Waals surface area contributed by atoms with Crippen LogP contribution in [0.1, 0.15) is 75.2 Å².